The predicted octanol–water partition coefficient (Wildman–Crippen LogP) is 4.55. The SMILES string of the molecule is O=C(Cc1cccc2ccc(F)cc12)NCc1ccc(CNC(=O)c2ccc3c(c2)CN(C2CCC(=O)NC2=O)C3=O)c(C(F)(F)F)c1. The number of hydrogen-bond donors (Lipinski definition) is 3. The van der Waals surface area contributed by atoms with Crippen LogP contribution in [-0.4, -0.2) is 40.5 Å². The van der Waals surface area contributed by atoms with E-state index in [1.165, 1.54) is 47.4 Å². The molecule has 9 nitrogen and oxygen atoms in total. The molecule has 48 heavy (non-hydrogen) atoms. The van der Waals surface area contributed by atoms with Crippen LogP contribution in [0.15, 0.2) is 72.8 Å². The Morgan fingerprint density at radius 2 is 1.71 bits per heavy atom. The first-order chi connectivity index (χ1) is 22.9. The van der Waals surface area contributed by atoms with E-state index in [4.69, 9.17) is 0 Å². The fraction of sp³-hybridized carbons (Fsp3) is 0.229. The van der Waals surface area contributed by atoms with Crippen molar-refractivity contribution in [3.8, 4) is 0 Å². The first-order valence-corrected chi connectivity index (χ1v) is 15.1. The zero-order chi connectivity index (χ0) is 34.2. The number of fused-ring (bicyclic) bond motifs is 2. The van der Waals surface area contributed by atoms with Gasteiger partial charge in [-0.1, -0.05) is 36.4 Å². The molecule has 1 fully saturated rings. The number of amides is 5. The average Bonchev–Trinajstić information content (AvgIpc) is 3.37. The molecule has 0 bridgehead atoms. The number of alkyl halides is 3. The first-order valence-electron chi connectivity index (χ1n) is 15.1. The number of nitrogens with one attached hydrogen (secondary N) is 3. The van der Waals surface area contributed by atoms with Gasteiger partial charge < -0.3 is 15.5 Å². The maximum Gasteiger partial charge on any atom is 0.416 e. The standard InChI is InChI=1S/C35H28F4N4O5/c36-25-8-6-20-2-1-3-21(27(20)15-25)14-31(45)40-16-19-4-5-23(28(12-19)35(37,38)39)17-41-32(46)22-7-9-26-24(13-22)18-43(34(26)48)29-10-11-30(44)42-33(29)47/h1-9,12-13,15,29H,10-11,14,16-18H2,(H,40,45)(H,41,46)(H,42,44,47). The Morgan fingerprint density at radius 3 is 2.48 bits per heavy atom. The number of halogens is 4. The Hall–Kier alpha value is -5.59. The van der Waals surface area contributed by atoms with Crippen LogP contribution in [0.1, 0.15) is 61.4 Å². The van der Waals surface area contributed by atoms with Crippen molar-refractivity contribution in [3.63, 3.8) is 0 Å². The van der Waals surface area contributed by atoms with Gasteiger partial charge >= 0.3 is 6.18 Å². The Labute approximate surface area is 271 Å². The molecule has 0 aliphatic carbocycles. The third-order valence-electron chi connectivity index (χ3n) is 8.48. The van der Waals surface area contributed by atoms with Crippen molar-refractivity contribution in [1.29, 1.82) is 0 Å². The minimum atomic E-state index is -4.75. The number of piperidine rings is 1. The van der Waals surface area contributed by atoms with Gasteiger partial charge in [0, 0.05) is 37.2 Å². The molecule has 1 saturated heterocycles. The number of nitrogens with zero attached hydrogens (tertiary/aromatic N) is 1. The molecular weight excluding hydrogens is 632 g/mol. The number of carbonyl (C=O) groups is 5. The van der Waals surface area contributed by atoms with E-state index < -0.39 is 59.7 Å². The van der Waals surface area contributed by atoms with E-state index in [9.17, 15) is 41.5 Å². The summed E-state index contributed by atoms with van der Waals surface area (Å²) >= 11 is 0. The molecule has 6 rings (SSSR count). The van der Waals surface area contributed by atoms with Gasteiger partial charge in [0.25, 0.3) is 11.8 Å². The van der Waals surface area contributed by atoms with Crippen molar-refractivity contribution in [1.82, 2.24) is 20.9 Å². The lowest BCUT2D eigenvalue weighted by Gasteiger charge is -2.29. The van der Waals surface area contributed by atoms with Gasteiger partial charge in [-0.15, -0.1) is 0 Å². The zero-order valence-corrected chi connectivity index (χ0v) is 25.2. The Morgan fingerprint density at radius 1 is 0.896 bits per heavy atom. The van der Waals surface area contributed by atoms with Gasteiger partial charge in [-0.05, 0) is 75.8 Å². The molecule has 4 aromatic rings. The van der Waals surface area contributed by atoms with Crippen LogP contribution >= 0.6 is 0 Å². The molecule has 5 amide bonds. The van der Waals surface area contributed by atoms with Crippen molar-refractivity contribution in [3.05, 3.63) is 118 Å². The molecule has 2 heterocycles. The van der Waals surface area contributed by atoms with Crippen molar-refractivity contribution in [2.45, 2.75) is 51.1 Å². The summed E-state index contributed by atoms with van der Waals surface area (Å²) in [5.74, 6) is -2.97. The summed E-state index contributed by atoms with van der Waals surface area (Å²) in [6, 6.07) is 16.5. The highest BCUT2D eigenvalue weighted by Crippen LogP contribution is 2.33. The fourth-order valence-corrected chi connectivity index (χ4v) is 6.04. The molecule has 246 valence electrons. The van der Waals surface area contributed by atoms with E-state index in [-0.39, 0.29) is 49.0 Å². The smallest absolute Gasteiger partial charge is 0.352 e. The van der Waals surface area contributed by atoms with Crippen molar-refractivity contribution >= 4 is 40.3 Å². The number of rotatable bonds is 8. The molecule has 0 spiro atoms. The minimum absolute atomic E-state index is 0.0400. The highest BCUT2D eigenvalue weighted by molar-refractivity contribution is 6.06. The average molecular weight is 661 g/mol. The molecule has 2 aliphatic rings. The lowest BCUT2D eigenvalue weighted by atomic mass is 10.0. The highest BCUT2D eigenvalue weighted by atomic mass is 19.4. The van der Waals surface area contributed by atoms with E-state index in [0.29, 0.717) is 22.1 Å². The quantitative estimate of drug-likeness (QED) is 0.189. The molecule has 0 radical (unpaired) electrons. The molecule has 3 N–H and O–H groups in total. The van der Waals surface area contributed by atoms with E-state index in [1.807, 2.05) is 0 Å². The molecule has 13 heteroatoms. The normalized spacial score (nSPS) is 16.1. The summed E-state index contributed by atoms with van der Waals surface area (Å²) in [5.41, 5.74) is 0.500. The second kappa shape index (κ2) is 12.9. The summed E-state index contributed by atoms with van der Waals surface area (Å²) in [5, 5.41) is 8.65. The summed E-state index contributed by atoms with van der Waals surface area (Å²) in [6.45, 7) is -0.591. The maximum absolute atomic E-state index is 14.1. The van der Waals surface area contributed by atoms with Crippen molar-refractivity contribution in [2.24, 2.45) is 0 Å². The van der Waals surface area contributed by atoms with Crippen LogP contribution in [0, 0.1) is 5.82 Å². The van der Waals surface area contributed by atoms with Gasteiger partial charge in [0.2, 0.25) is 17.7 Å². The van der Waals surface area contributed by atoms with Gasteiger partial charge in [-0.2, -0.15) is 13.2 Å². The van der Waals surface area contributed by atoms with Crippen LogP contribution in [0.4, 0.5) is 17.6 Å². The second-order valence-electron chi connectivity index (χ2n) is 11.7. The molecule has 0 saturated carbocycles. The summed E-state index contributed by atoms with van der Waals surface area (Å²) < 4.78 is 55.9. The van der Waals surface area contributed by atoms with E-state index in [2.05, 4.69) is 16.0 Å². The molecule has 2 aliphatic heterocycles. The van der Waals surface area contributed by atoms with Crippen LogP contribution in [0.5, 0.6) is 0 Å². The monoisotopic (exact) mass is 660 g/mol. The summed E-state index contributed by atoms with van der Waals surface area (Å²) in [4.78, 5) is 63.7. The zero-order valence-electron chi connectivity index (χ0n) is 25.2. The van der Waals surface area contributed by atoms with Crippen molar-refractivity contribution in [2.75, 3.05) is 0 Å². The number of carbonyl (C=O) groups excluding carboxylic acids is 5. The number of hydrogen-bond acceptors (Lipinski definition) is 5. The first kappa shape index (κ1) is 32.4. The molecule has 0 aromatic heterocycles. The third kappa shape index (κ3) is 6.75. The Bertz CT molecular complexity index is 1990. The second-order valence-corrected chi connectivity index (χ2v) is 11.7. The molecule has 1 atom stereocenters. The van der Waals surface area contributed by atoms with Gasteiger partial charge in [0.1, 0.15) is 11.9 Å². The summed E-state index contributed by atoms with van der Waals surface area (Å²) in [6.07, 6.45) is -4.57. The van der Waals surface area contributed by atoms with Gasteiger partial charge in [0.05, 0.1) is 12.0 Å². The lowest BCUT2D eigenvalue weighted by Crippen LogP contribution is -2.52. The van der Waals surface area contributed by atoms with Crippen LogP contribution in [-0.2, 0) is 46.6 Å². The number of imide groups is 1. The predicted molar refractivity (Wildman–Crippen MR) is 165 cm³/mol. The third-order valence-corrected chi connectivity index (χ3v) is 8.48. The number of benzene rings is 4. The van der Waals surface area contributed by atoms with Crippen LogP contribution in [0.3, 0.4) is 0 Å². The minimum Gasteiger partial charge on any atom is -0.352 e. The topological polar surface area (TPSA) is 125 Å². The summed E-state index contributed by atoms with van der Waals surface area (Å²) in [7, 11) is 0. The largest absolute Gasteiger partial charge is 0.416 e. The van der Waals surface area contributed by atoms with Crippen molar-refractivity contribution < 1.29 is 41.5 Å². The van der Waals surface area contributed by atoms with Crippen LogP contribution in [0.2, 0.25) is 0 Å². The molecule has 1 unspecified atom stereocenters. The van der Waals surface area contributed by atoms with E-state index in [0.717, 1.165) is 11.5 Å². The van der Waals surface area contributed by atoms with Gasteiger partial charge in [-0.3, -0.25) is 29.3 Å². The Balaban J connectivity index is 1.09. The fourth-order valence-electron chi connectivity index (χ4n) is 6.04. The Kier molecular flexibility index (Phi) is 8.69. The highest BCUT2D eigenvalue weighted by Gasteiger charge is 2.39. The van der Waals surface area contributed by atoms with E-state index >= 15 is 0 Å². The molecule has 4 aromatic carbocycles. The van der Waals surface area contributed by atoms with Crippen LogP contribution in [0.25, 0.3) is 10.8 Å². The molecular formula is C35H28F4N4O5. The maximum atomic E-state index is 14.1. The van der Waals surface area contributed by atoms with E-state index in [1.54, 1.807) is 24.3 Å². The lowest BCUT2D eigenvalue weighted by molar-refractivity contribution is -0.138. The van der Waals surface area contributed by atoms with Gasteiger partial charge in [-0.25, -0.2) is 4.39 Å². The van der Waals surface area contributed by atoms with Gasteiger partial charge in [0.15, 0.2) is 0 Å². The van der Waals surface area contributed by atoms with Crippen LogP contribution < -0.4 is 16.0 Å².